The van der Waals surface area contributed by atoms with Crippen LogP contribution in [0, 0.1) is 11.6 Å². The van der Waals surface area contributed by atoms with Crippen molar-refractivity contribution in [2.75, 3.05) is 6.54 Å². The molecule has 0 saturated heterocycles. The maximum Gasteiger partial charge on any atom is 0.293 e. The van der Waals surface area contributed by atoms with E-state index in [0.717, 1.165) is 4.88 Å². The van der Waals surface area contributed by atoms with E-state index in [4.69, 9.17) is 0 Å². The zero-order chi connectivity index (χ0) is 21.1. The molecule has 2 aromatic heterocycles. The summed E-state index contributed by atoms with van der Waals surface area (Å²) >= 11 is 1.47. The Hall–Kier alpha value is -3.39. The van der Waals surface area contributed by atoms with E-state index < -0.39 is 0 Å². The summed E-state index contributed by atoms with van der Waals surface area (Å²) in [4.78, 5) is 20.0. The monoisotopic (exact) mass is 424 g/mol. The first-order valence-corrected chi connectivity index (χ1v) is 10.2. The Morgan fingerprint density at radius 1 is 1.07 bits per heavy atom. The molecule has 0 aliphatic rings. The Bertz CT molecular complexity index is 1160. The predicted molar refractivity (Wildman–Crippen MR) is 111 cm³/mol. The summed E-state index contributed by atoms with van der Waals surface area (Å²) in [6.07, 6.45) is 0. The molecule has 1 amide bonds. The lowest BCUT2D eigenvalue weighted by atomic mass is 10.2. The van der Waals surface area contributed by atoms with E-state index in [2.05, 4.69) is 10.1 Å². The number of hydrogen-bond acceptors (Lipinski definition) is 4. The van der Waals surface area contributed by atoms with Gasteiger partial charge in [0.1, 0.15) is 11.6 Å². The third-order valence-corrected chi connectivity index (χ3v) is 5.41. The molecule has 0 N–H and O–H groups in total. The Kier molecular flexibility index (Phi) is 5.67. The van der Waals surface area contributed by atoms with Gasteiger partial charge in [0.2, 0.25) is 5.82 Å². The highest BCUT2D eigenvalue weighted by Gasteiger charge is 2.23. The van der Waals surface area contributed by atoms with Crippen molar-refractivity contribution in [3.8, 4) is 16.4 Å². The highest BCUT2D eigenvalue weighted by atomic mass is 32.1. The highest BCUT2D eigenvalue weighted by Crippen LogP contribution is 2.26. The summed E-state index contributed by atoms with van der Waals surface area (Å²) in [6.45, 7) is 2.50. The molecule has 5 nitrogen and oxygen atoms in total. The van der Waals surface area contributed by atoms with Crippen molar-refractivity contribution in [2.24, 2.45) is 0 Å². The number of carbonyl (C=O) groups excluding carboxylic acids is 1. The van der Waals surface area contributed by atoms with Gasteiger partial charge in [0, 0.05) is 13.1 Å². The SMILES string of the molecule is CCN(Cc1cccc(F)c1)C(=O)c1nc(-c2cccs2)n(-c2ccc(F)cc2)n1. The fourth-order valence-electron chi connectivity index (χ4n) is 3.05. The van der Waals surface area contributed by atoms with Crippen molar-refractivity contribution in [2.45, 2.75) is 13.5 Å². The fourth-order valence-corrected chi connectivity index (χ4v) is 3.75. The van der Waals surface area contributed by atoms with Gasteiger partial charge in [-0.2, -0.15) is 0 Å². The standard InChI is InChI=1S/C22H18F2N4OS/c1-2-27(14-15-5-3-6-17(24)13-15)22(29)20-25-21(19-7-4-12-30-19)28(26-20)18-10-8-16(23)9-11-18/h3-13H,2,14H2,1H3. The molecule has 0 atom stereocenters. The molecule has 2 aromatic carbocycles. The summed E-state index contributed by atoms with van der Waals surface area (Å²) in [7, 11) is 0. The van der Waals surface area contributed by atoms with Crippen molar-refractivity contribution < 1.29 is 13.6 Å². The van der Waals surface area contributed by atoms with Gasteiger partial charge in [0.15, 0.2) is 5.82 Å². The van der Waals surface area contributed by atoms with E-state index >= 15 is 0 Å². The predicted octanol–water partition coefficient (Wildman–Crippen LogP) is 4.94. The minimum absolute atomic E-state index is 0.0287. The lowest BCUT2D eigenvalue weighted by Gasteiger charge is -2.19. The van der Waals surface area contributed by atoms with Crippen LogP contribution in [0.2, 0.25) is 0 Å². The van der Waals surface area contributed by atoms with E-state index in [1.807, 2.05) is 24.4 Å². The first kappa shape index (κ1) is 19.9. The smallest absolute Gasteiger partial charge is 0.293 e. The van der Waals surface area contributed by atoms with Crippen LogP contribution in [0.4, 0.5) is 8.78 Å². The Balaban J connectivity index is 1.70. The Morgan fingerprint density at radius 3 is 2.53 bits per heavy atom. The number of benzene rings is 2. The van der Waals surface area contributed by atoms with E-state index in [-0.39, 0.29) is 29.9 Å². The highest BCUT2D eigenvalue weighted by molar-refractivity contribution is 7.13. The minimum atomic E-state index is -0.361. The number of aromatic nitrogens is 3. The van der Waals surface area contributed by atoms with Crippen molar-refractivity contribution in [3.05, 3.63) is 89.1 Å². The van der Waals surface area contributed by atoms with Gasteiger partial charge in [-0.1, -0.05) is 18.2 Å². The van der Waals surface area contributed by atoms with Crippen molar-refractivity contribution in [1.82, 2.24) is 19.7 Å². The normalized spacial score (nSPS) is 10.9. The van der Waals surface area contributed by atoms with Crippen LogP contribution < -0.4 is 0 Å². The first-order valence-electron chi connectivity index (χ1n) is 9.35. The van der Waals surface area contributed by atoms with Gasteiger partial charge in [-0.3, -0.25) is 4.79 Å². The number of rotatable bonds is 6. The van der Waals surface area contributed by atoms with Gasteiger partial charge in [0.05, 0.1) is 10.6 Å². The number of halogens is 2. The quantitative estimate of drug-likeness (QED) is 0.441. The second-order valence-electron chi connectivity index (χ2n) is 6.57. The zero-order valence-corrected chi connectivity index (χ0v) is 16.9. The number of thiophene rings is 1. The van der Waals surface area contributed by atoms with Crippen molar-refractivity contribution in [3.63, 3.8) is 0 Å². The summed E-state index contributed by atoms with van der Waals surface area (Å²) in [5.41, 5.74) is 1.28. The molecule has 0 spiro atoms. The van der Waals surface area contributed by atoms with Crippen LogP contribution in [0.15, 0.2) is 66.0 Å². The van der Waals surface area contributed by atoms with Gasteiger partial charge in [0.25, 0.3) is 5.91 Å². The molecule has 0 radical (unpaired) electrons. The topological polar surface area (TPSA) is 51.0 Å². The average molecular weight is 424 g/mol. The minimum Gasteiger partial charge on any atom is -0.332 e. The van der Waals surface area contributed by atoms with Gasteiger partial charge < -0.3 is 4.90 Å². The molecule has 152 valence electrons. The van der Waals surface area contributed by atoms with Crippen molar-refractivity contribution >= 4 is 17.2 Å². The molecule has 0 saturated carbocycles. The van der Waals surface area contributed by atoms with Crippen LogP contribution in [0.1, 0.15) is 23.1 Å². The maximum absolute atomic E-state index is 13.5. The van der Waals surface area contributed by atoms with Crippen LogP contribution >= 0.6 is 11.3 Å². The number of nitrogens with zero attached hydrogens (tertiary/aromatic N) is 4. The first-order chi connectivity index (χ1) is 14.5. The van der Waals surface area contributed by atoms with Gasteiger partial charge in [-0.05, 0) is 60.3 Å². The lowest BCUT2D eigenvalue weighted by molar-refractivity contribution is 0.0740. The summed E-state index contributed by atoms with van der Waals surface area (Å²) in [5.74, 6) is -0.544. The average Bonchev–Trinajstić information content (AvgIpc) is 3.42. The van der Waals surface area contributed by atoms with Gasteiger partial charge >= 0.3 is 0 Å². The summed E-state index contributed by atoms with van der Waals surface area (Å²) < 4.78 is 28.4. The number of amides is 1. The van der Waals surface area contributed by atoms with Crippen LogP contribution in [0.25, 0.3) is 16.4 Å². The molecule has 30 heavy (non-hydrogen) atoms. The molecule has 0 unspecified atom stereocenters. The molecular formula is C22H18F2N4OS. The Morgan fingerprint density at radius 2 is 1.87 bits per heavy atom. The van der Waals surface area contributed by atoms with Crippen LogP contribution in [0.3, 0.4) is 0 Å². The van der Waals surface area contributed by atoms with Crippen LogP contribution in [-0.2, 0) is 6.54 Å². The molecule has 0 aliphatic heterocycles. The second-order valence-corrected chi connectivity index (χ2v) is 7.52. The van der Waals surface area contributed by atoms with Gasteiger partial charge in [-0.25, -0.2) is 18.4 Å². The third-order valence-electron chi connectivity index (χ3n) is 4.54. The Labute approximate surface area is 176 Å². The van der Waals surface area contributed by atoms with E-state index in [1.54, 1.807) is 29.2 Å². The molecule has 4 aromatic rings. The largest absolute Gasteiger partial charge is 0.332 e. The van der Waals surface area contributed by atoms with Crippen LogP contribution in [0.5, 0.6) is 0 Å². The van der Waals surface area contributed by atoms with E-state index in [0.29, 0.717) is 23.6 Å². The molecule has 8 heteroatoms. The van der Waals surface area contributed by atoms with Gasteiger partial charge in [-0.15, -0.1) is 16.4 Å². The molecule has 0 bridgehead atoms. The summed E-state index contributed by atoms with van der Waals surface area (Å²) in [5, 5.41) is 6.32. The molecule has 2 heterocycles. The van der Waals surface area contributed by atoms with Crippen LogP contribution in [-0.4, -0.2) is 32.1 Å². The summed E-state index contributed by atoms with van der Waals surface area (Å²) in [6, 6.07) is 15.7. The third kappa shape index (κ3) is 4.13. The maximum atomic E-state index is 13.5. The van der Waals surface area contributed by atoms with E-state index in [1.165, 1.54) is 40.3 Å². The molecule has 4 rings (SSSR count). The number of hydrogen-bond donors (Lipinski definition) is 0. The van der Waals surface area contributed by atoms with Crippen molar-refractivity contribution in [1.29, 1.82) is 0 Å². The lowest BCUT2D eigenvalue weighted by Crippen LogP contribution is -2.31. The molecule has 0 fully saturated rings. The fraction of sp³-hybridized carbons (Fsp3) is 0.136. The molecule has 0 aliphatic carbocycles. The number of carbonyl (C=O) groups is 1. The second kappa shape index (κ2) is 8.54. The van der Waals surface area contributed by atoms with E-state index in [9.17, 15) is 13.6 Å². The zero-order valence-electron chi connectivity index (χ0n) is 16.1. The molecular weight excluding hydrogens is 406 g/mol.